The molecule has 1 aliphatic heterocycles. The summed E-state index contributed by atoms with van der Waals surface area (Å²) in [5, 5.41) is 2.96. The third kappa shape index (κ3) is 6.78. The minimum absolute atomic E-state index is 0.106. The molecule has 0 radical (unpaired) electrons. The third-order valence-electron chi connectivity index (χ3n) is 5.67. The fraction of sp³-hybridized carbons (Fsp3) is 0.696. The lowest BCUT2D eigenvalue weighted by atomic mass is 9.92. The molecular formula is C23H38N2O3. The standard InChI is InChI=1S/C23H38N2O3/c1-6-7-12-23(4,27-5)22(26)24-20-8-10-21(11-9-20)28-14-13-25-16-18(2)15-19(3)17-25/h8-11,18-19H,6-7,12-17H2,1-5H3,(H,24,26)/t18-,19-,23-/m0/s1. The summed E-state index contributed by atoms with van der Waals surface area (Å²) in [6.07, 6.45) is 4.03. The average molecular weight is 391 g/mol. The van der Waals surface area contributed by atoms with Gasteiger partial charge >= 0.3 is 0 Å². The van der Waals surface area contributed by atoms with Gasteiger partial charge in [0.05, 0.1) is 0 Å². The second-order valence-electron chi connectivity index (χ2n) is 8.57. The Bertz CT molecular complexity index is 594. The maximum Gasteiger partial charge on any atom is 0.256 e. The number of nitrogens with one attached hydrogen (secondary N) is 1. The fourth-order valence-corrected chi connectivity index (χ4v) is 3.99. The number of likely N-dealkylation sites (tertiary alicyclic amines) is 1. The highest BCUT2D eigenvalue weighted by molar-refractivity contribution is 5.97. The molecule has 1 aliphatic rings. The molecule has 1 fully saturated rings. The quantitative estimate of drug-likeness (QED) is 0.635. The number of nitrogens with zero attached hydrogens (tertiary/aromatic N) is 1. The molecule has 0 spiro atoms. The maximum atomic E-state index is 12.6. The lowest BCUT2D eigenvalue weighted by Gasteiger charge is -2.34. The number of carbonyl (C=O) groups excluding carboxylic acids is 1. The molecule has 5 heteroatoms. The number of rotatable bonds is 10. The van der Waals surface area contributed by atoms with Crippen molar-refractivity contribution < 1.29 is 14.3 Å². The van der Waals surface area contributed by atoms with Crippen LogP contribution >= 0.6 is 0 Å². The molecule has 1 N–H and O–H groups in total. The Morgan fingerprint density at radius 1 is 1.21 bits per heavy atom. The summed E-state index contributed by atoms with van der Waals surface area (Å²) >= 11 is 0. The highest BCUT2D eigenvalue weighted by atomic mass is 16.5. The zero-order valence-corrected chi connectivity index (χ0v) is 18.3. The van der Waals surface area contributed by atoms with E-state index in [0.29, 0.717) is 13.0 Å². The van der Waals surface area contributed by atoms with Crippen LogP contribution in [0.25, 0.3) is 0 Å². The summed E-state index contributed by atoms with van der Waals surface area (Å²) in [5.41, 5.74) is -0.0377. The second-order valence-corrected chi connectivity index (χ2v) is 8.57. The summed E-state index contributed by atoms with van der Waals surface area (Å²) < 4.78 is 11.4. The van der Waals surface area contributed by atoms with Gasteiger partial charge in [0.2, 0.25) is 0 Å². The Kier molecular flexibility index (Phi) is 8.77. The number of ether oxygens (including phenoxy) is 2. The van der Waals surface area contributed by atoms with Gasteiger partial charge in [-0.15, -0.1) is 0 Å². The zero-order valence-electron chi connectivity index (χ0n) is 18.3. The van der Waals surface area contributed by atoms with E-state index in [4.69, 9.17) is 9.47 Å². The number of piperidine rings is 1. The smallest absolute Gasteiger partial charge is 0.256 e. The molecule has 1 aromatic carbocycles. The average Bonchev–Trinajstić information content (AvgIpc) is 2.66. The van der Waals surface area contributed by atoms with E-state index in [1.165, 1.54) is 6.42 Å². The molecule has 3 atom stereocenters. The molecule has 1 saturated heterocycles. The molecule has 0 aliphatic carbocycles. The summed E-state index contributed by atoms with van der Waals surface area (Å²) in [6.45, 7) is 12.6. The van der Waals surface area contributed by atoms with Gasteiger partial charge in [0.1, 0.15) is 18.0 Å². The Hall–Kier alpha value is -1.59. The lowest BCUT2D eigenvalue weighted by molar-refractivity contribution is -0.136. The van der Waals surface area contributed by atoms with Gasteiger partial charge in [0.25, 0.3) is 5.91 Å². The Morgan fingerprint density at radius 3 is 2.43 bits per heavy atom. The first kappa shape index (κ1) is 22.7. The number of amides is 1. The Labute approximate surface area is 170 Å². The van der Waals surface area contributed by atoms with Crippen LogP contribution < -0.4 is 10.1 Å². The molecule has 0 bridgehead atoms. The first-order valence-electron chi connectivity index (χ1n) is 10.7. The first-order valence-corrected chi connectivity index (χ1v) is 10.7. The predicted octanol–water partition coefficient (Wildman–Crippen LogP) is 4.58. The largest absolute Gasteiger partial charge is 0.492 e. The van der Waals surface area contributed by atoms with Crippen molar-refractivity contribution in [3.63, 3.8) is 0 Å². The molecule has 1 amide bonds. The van der Waals surface area contributed by atoms with Crippen LogP contribution in [0.2, 0.25) is 0 Å². The first-order chi connectivity index (χ1) is 13.4. The Balaban J connectivity index is 1.80. The van der Waals surface area contributed by atoms with Crippen molar-refractivity contribution in [1.29, 1.82) is 0 Å². The van der Waals surface area contributed by atoms with Crippen LogP contribution in [0.15, 0.2) is 24.3 Å². The number of methoxy groups -OCH3 is 1. The van der Waals surface area contributed by atoms with Crippen LogP contribution in [0.5, 0.6) is 5.75 Å². The van der Waals surface area contributed by atoms with Crippen LogP contribution in [0.3, 0.4) is 0 Å². The van der Waals surface area contributed by atoms with E-state index in [9.17, 15) is 4.79 Å². The molecule has 1 aromatic rings. The van der Waals surface area contributed by atoms with Gasteiger partial charge in [-0.3, -0.25) is 9.69 Å². The van der Waals surface area contributed by atoms with Crippen molar-refractivity contribution in [3.8, 4) is 5.75 Å². The molecule has 28 heavy (non-hydrogen) atoms. The molecular weight excluding hydrogens is 352 g/mol. The van der Waals surface area contributed by atoms with Gasteiger partial charge in [-0.2, -0.15) is 0 Å². The van der Waals surface area contributed by atoms with E-state index in [1.54, 1.807) is 7.11 Å². The fourth-order valence-electron chi connectivity index (χ4n) is 3.99. The maximum absolute atomic E-state index is 12.6. The molecule has 158 valence electrons. The molecule has 0 unspecified atom stereocenters. The number of benzene rings is 1. The summed E-state index contributed by atoms with van der Waals surface area (Å²) in [4.78, 5) is 15.1. The second kappa shape index (κ2) is 10.8. The van der Waals surface area contributed by atoms with Crippen LogP contribution in [0.4, 0.5) is 5.69 Å². The minimum Gasteiger partial charge on any atom is -0.492 e. The zero-order chi connectivity index (χ0) is 20.6. The van der Waals surface area contributed by atoms with E-state index in [0.717, 1.165) is 55.7 Å². The molecule has 5 nitrogen and oxygen atoms in total. The van der Waals surface area contributed by atoms with Gasteiger partial charge in [0.15, 0.2) is 0 Å². The van der Waals surface area contributed by atoms with Gasteiger partial charge in [-0.25, -0.2) is 0 Å². The highest BCUT2D eigenvalue weighted by Gasteiger charge is 2.32. The monoisotopic (exact) mass is 390 g/mol. The molecule has 2 rings (SSSR count). The van der Waals surface area contributed by atoms with Crippen molar-refractivity contribution in [1.82, 2.24) is 4.90 Å². The summed E-state index contributed by atoms with van der Waals surface area (Å²) in [5.74, 6) is 2.26. The van der Waals surface area contributed by atoms with Crippen molar-refractivity contribution in [3.05, 3.63) is 24.3 Å². The van der Waals surface area contributed by atoms with Crippen LogP contribution in [-0.4, -0.2) is 49.8 Å². The lowest BCUT2D eigenvalue weighted by Crippen LogP contribution is -2.41. The van der Waals surface area contributed by atoms with Crippen LogP contribution in [0, 0.1) is 11.8 Å². The van der Waals surface area contributed by atoms with Gasteiger partial charge in [-0.05, 0) is 55.9 Å². The topological polar surface area (TPSA) is 50.8 Å². The predicted molar refractivity (Wildman–Crippen MR) is 115 cm³/mol. The Morgan fingerprint density at radius 2 is 1.86 bits per heavy atom. The van der Waals surface area contributed by atoms with Gasteiger partial charge in [0, 0.05) is 32.4 Å². The number of unbranched alkanes of at least 4 members (excludes halogenated alkanes) is 1. The van der Waals surface area contributed by atoms with E-state index in [1.807, 2.05) is 31.2 Å². The third-order valence-corrected chi connectivity index (χ3v) is 5.67. The highest BCUT2D eigenvalue weighted by Crippen LogP contribution is 2.23. The van der Waals surface area contributed by atoms with Crippen LogP contribution in [0.1, 0.15) is 53.4 Å². The summed E-state index contributed by atoms with van der Waals surface area (Å²) in [7, 11) is 1.59. The summed E-state index contributed by atoms with van der Waals surface area (Å²) in [6, 6.07) is 7.59. The number of hydrogen-bond acceptors (Lipinski definition) is 4. The van der Waals surface area contributed by atoms with Crippen LogP contribution in [-0.2, 0) is 9.53 Å². The van der Waals surface area contributed by atoms with E-state index >= 15 is 0 Å². The van der Waals surface area contributed by atoms with Crippen molar-refractivity contribution >= 4 is 11.6 Å². The van der Waals surface area contributed by atoms with Gasteiger partial charge in [-0.1, -0.05) is 33.6 Å². The normalized spacial score (nSPS) is 22.5. The van der Waals surface area contributed by atoms with Crippen molar-refractivity contribution in [2.45, 2.75) is 59.0 Å². The molecule has 0 aromatic heterocycles. The SMILES string of the molecule is CCCC[C@](C)(OC)C(=O)Nc1ccc(OCCN2C[C@@H](C)C[C@H](C)C2)cc1. The molecule has 0 saturated carbocycles. The van der Waals surface area contributed by atoms with Crippen molar-refractivity contribution in [2.75, 3.05) is 38.7 Å². The van der Waals surface area contributed by atoms with E-state index < -0.39 is 5.60 Å². The minimum atomic E-state index is -0.798. The molecule has 1 heterocycles. The number of anilines is 1. The number of hydrogen-bond donors (Lipinski definition) is 1. The van der Waals surface area contributed by atoms with E-state index in [-0.39, 0.29) is 5.91 Å². The van der Waals surface area contributed by atoms with Gasteiger partial charge < -0.3 is 14.8 Å². The number of carbonyl (C=O) groups is 1. The van der Waals surface area contributed by atoms with Crippen molar-refractivity contribution in [2.24, 2.45) is 11.8 Å². The van der Waals surface area contributed by atoms with E-state index in [2.05, 4.69) is 31.0 Å².